The second kappa shape index (κ2) is 5.29. The summed E-state index contributed by atoms with van der Waals surface area (Å²) >= 11 is 12.6. The first-order chi connectivity index (χ1) is 9.87. The average molecular weight is 325 g/mol. The van der Waals surface area contributed by atoms with E-state index in [0.717, 1.165) is 29.0 Å². The molecule has 0 unspecified atom stereocenters. The van der Waals surface area contributed by atoms with Crippen LogP contribution in [-0.2, 0) is 6.42 Å². The normalized spacial score (nSPS) is 15.5. The molecule has 0 spiro atoms. The lowest BCUT2D eigenvalue weighted by Crippen LogP contribution is -2.11. The third kappa shape index (κ3) is 3.09. The predicted octanol–water partition coefficient (Wildman–Crippen LogP) is 5.51. The van der Waals surface area contributed by atoms with E-state index in [-0.39, 0.29) is 5.41 Å². The molecule has 21 heavy (non-hydrogen) atoms. The van der Waals surface area contributed by atoms with Gasteiger partial charge < -0.3 is 4.52 Å². The molecule has 1 aliphatic rings. The Labute approximate surface area is 134 Å². The molecule has 2 aromatic rings. The summed E-state index contributed by atoms with van der Waals surface area (Å²) < 4.78 is 5.64. The molecule has 2 heterocycles. The van der Waals surface area contributed by atoms with E-state index in [0.29, 0.717) is 16.0 Å². The van der Waals surface area contributed by atoms with Crippen molar-refractivity contribution in [2.24, 2.45) is 5.41 Å². The van der Waals surface area contributed by atoms with Crippen LogP contribution in [0.4, 0.5) is 0 Å². The van der Waals surface area contributed by atoms with E-state index in [1.165, 1.54) is 12.8 Å². The second-order valence-electron chi connectivity index (χ2n) is 6.86. The highest BCUT2D eigenvalue weighted by atomic mass is 35.5. The van der Waals surface area contributed by atoms with Gasteiger partial charge in [-0.25, -0.2) is 0 Å². The summed E-state index contributed by atoms with van der Waals surface area (Å²) in [7, 11) is 0. The Bertz CT molecular complexity index is 649. The maximum atomic E-state index is 6.28. The van der Waals surface area contributed by atoms with Gasteiger partial charge in [0.2, 0.25) is 0 Å². The minimum absolute atomic E-state index is 0.135. The molecule has 2 aromatic heterocycles. The van der Waals surface area contributed by atoms with E-state index in [4.69, 9.17) is 27.7 Å². The molecular weight excluding hydrogens is 307 g/mol. The van der Waals surface area contributed by atoms with Crippen molar-refractivity contribution in [2.45, 2.75) is 46.0 Å². The van der Waals surface area contributed by atoms with Crippen molar-refractivity contribution < 1.29 is 4.52 Å². The van der Waals surface area contributed by atoms with Crippen LogP contribution in [0, 0.1) is 5.41 Å². The van der Waals surface area contributed by atoms with Gasteiger partial charge in [0.1, 0.15) is 11.5 Å². The number of nitrogens with zero attached hydrogens (tertiary/aromatic N) is 2. The standard InChI is InChI=1S/C16H18Cl2N2O/c1-16(2,3)6-10-14(20-21-15(10)9-4-5-9)13-11(17)7-19-8-12(13)18/h7-9H,4-6H2,1-3H3. The predicted molar refractivity (Wildman–Crippen MR) is 84.9 cm³/mol. The molecular formula is C16H18Cl2N2O. The maximum absolute atomic E-state index is 6.28. The van der Waals surface area contributed by atoms with Crippen molar-refractivity contribution in [1.29, 1.82) is 0 Å². The fourth-order valence-corrected chi connectivity index (χ4v) is 3.07. The Hall–Kier alpha value is -1.06. The van der Waals surface area contributed by atoms with E-state index >= 15 is 0 Å². The lowest BCUT2D eigenvalue weighted by Gasteiger charge is -2.18. The fourth-order valence-electron chi connectivity index (χ4n) is 2.52. The zero-order chi connectivity index (χ0) is 15.2. The summed E-state index contributed by atoms with van der Waals surface area (Å²) in [5.41, 5.74) is 2.77. The van der Waals surface area contributed by atoms with Crippen molar-refractivity contribution in [3.05, 3.63) is 33.8 Å². The lowest BCUT2D eigenvalue weighted by atomic mass is 9.86. The smallest absolute Gasteiger partial charge is 0.143 e. The third-order valence-electron chi connectivity index (χ3n) is 3.56. The molecule has 5 heteroatoms. The maximum Gasteiger partial charge on any atom is 0.143 e. The Morgan fingerprint density at radius 1 is 1.19 bits per heavy atom. The molecule has 112 valence electrons. The highest BCUT2D eigenvalue weighted by Gasteiger charge is 2.34. The first-order valence-electron chi connectivity index (χ1n) is 7.14. The van der Waals surface area contributed by atoms with Crippen LogP contribution < -0.4 is 0 Å². The van der Waals surface area contributed by atoms with Crippen LogP contribution in [0.15, 0.2) is 16.9 Å². The summed E-state index contributed by atoms with van der Waals surface area (Å²) in [5.74, 6) is 1.51. The van der Waals surface area contributed by atoms with Crippen molar-refractivity contribution in [3.63, 3.8) is 0 Å². The van der Waals surface area contributed by atoms with E-state index in [1.54, 1.807) is 12.4 Å². The SMILES string of the molecule is CC(C)(C)Cc1c(-c2c(Cl)cncc2Cl)noc1C1CC1. The lowest BCUT2D eigenvalue weighted by molar-refractivity contribution is 0.374. The summed E-state index contributed by atoms with van der Waals surface area (Å²) in [6, 6.07) is 0. The van der Waals surface area contributed by atoms with Gasteiger partial charge in [-0.3, -0.25) is 4.98 Å². The van der Waals surface area contributed by atoms with Crippen LogP contribution in [0.2, 0.25) is 10.0 Å². The third-order valence-corrected chi connectivity index (χ3v) is 4.14. The van der Waals surface area contributed by atoms with Gasteiger partial charge in [-0.1, -0.05) is 49.1 Å². The van der Waals surface area contributed by atoms with Gasteiger partial charge in [0.05, 0.1) is 10.0 Å². The van der Waals surface area contributed by atoms with Crippen LogP contribution in [0.1, 0.15) is 50.9 Å². The minimum atomic E-state index is 0.135. The molecule has 0 radical (unpaired) electrons. The van der Waals surface area contributed by atoms with Crippen LogP contribution in [0.5, 0.6) is 0 Å². The number of aromatic nitrogens is 2. The monoisotopic (exact) mass is 324 g/mol. The molecule has 0 bridgehead atoms. The summed E-state index contributed by atoms with van der Waals surface area (Å²) in [4.78, 5) is 4.01. The second-order valence-corrected chi connectivity index (χ2v) is 7.68. The molecule has 0 atom stereocenters. The van der Waals surface area contributed by atoms with Gasteiger partial charge in [-0.2, -0.15) is 0 Å². The Morgan fingerprint density at radius 3 is 2.33 bits per heavy atom. The summed E-state index contributed by atoms with van der Waals surface area (Å²) in [5, 5.41) is 5.30. The number of hydrogen-bond acceptors (Lipinski definition) is 3. The first-order valence-corrected chi connectivity index (χ1v) is 7.90. The van der Waals surface area contributed by atoms with Gasteiger partial charge >= 0.3 is 0 Å². The summed E-state index contributed by atoms with van der Waals surface area (Å²) in [6.45, 7) is 6.61. The van der Waals surface area contributed by atoms with Crippen molar-refractivity contribution in [1.82, 2.24) is 10.1 Å². The fraction of sp³-hybridized carbons (Fsp3) is 0.500. The van der Waals surface area contributed by atoms with E-state index < -0.39 is 0 Å². The molecule has 1 saturated carbocycles. The van der Waals surface area contributed by atoms with Gasteiger partial charge in [-0.15, -0.1) is 0 Å². The van der Waals surface area contributed by atoms with E-state index in [1.807, 2.05) is 0 Å². The largest absolute Gasteiger partial charge is 0.360 e. The van der Waals surface area contributed by atoms with E-state index in [9.17, 15) is 0 Å². The zero-order valence-corrected chi connectivity index (χ0v) is 13.9. The van der Waals surface area contributed by atoms with Gasteiger partial charge in [0.25, 0.3) is 0 Å². The highest BCUT2D eigenvalue weighted by Crippen LogP contribution is 2.47. The van der Waals surface area contributed by atoms with Crippen molar-refractivity contribution in [3.8, 4) is 11.3 Å². The number of rotatable bonds is 3. The van der Waals surface area contributed by atoms with Crippen LogP contribution in [0.3, 0.4) is 0 Å². The molecule has 3 nitrogen and oxygen atoms in total. The summed E-state index contributed by atoms with van der Waals surface area (Å²) in [6.07, 6.45) is 6.41. The van der Waals surface area contributed by atoms with Gasteiger partial charge in [0.15, 0.2) is 0 Å². The molecule has 0 aromatic carbocycles. The van der Waals surface area contributed by atoms with Crippen LogP contribution in [-0.4, -0.2) is 10.1 Å². The average Bonchev–Trinajstić information content (AvgIpc) is 3.12. The minimum Gasteiger partial charge on any atom is -0.360 e. The molecule has 0 aliphatic heterocycles. The number of hydrogen-bond donors (Lipinski definition) is 0. The van der Waals surface area contributed by atoms with Crippen LogP contribution in [0.25, 0.3) is 11.3 Å². The first kappa shape index (κ1) is 14.9. The Morgan fingerprint density at radius 2 is 1.81 bits per heavy atom. The van der Waals surface area contributed by atoms with Crippen LogP contribution >= 0.6 is 23.2 Å². The topological polar surface area (TPSA) is 38.9 Å². The van der Waals surface area contributed by atoms with Gasteiger partial charge in [-0.05, 0) is 24.7 Å². The van der Waals surface area contributed by atoms with Gasteiger partial charge in [0, 0.05) is 29.4 Å². The highest BCUT2D eigenvalue weighted by molar-refractivity contribution is 6.38. The van der Waals surface area contributed by atoms with Crippen molar-refractivity contribution in [2.75, 3.05) is 0 Å². The zero-order valence-electron chi connectivity index (χ0n) is 12.4. The molecule has 1 fully saturated rings. The molecule has 0 saturated heterocycles. The quantitative estimate of drug-likeness (QED) is 0.747. The molecule has 0 N–H and O–H groups in total. The number of pyridine rings is 1. The Balaban J connectivity index is 2.14. The van der Waals surface area contributed by atoms with Crippen molar-refractivity contribution >= 4 is 23.2 Å². The molecule has 1 aliphatic carbocycles. The van der Waals surface area contributed by atoms with E-state index in [2.05, 4.69) is 30.9 Å². The Kier molecular flexibility index (Phi) is 3.74. The molecule has 3 rings (SSSR count). The number of halogens is 2. The molecule has 0 amide bonds.